The Kier molecular flexibility index (Phi) is 3.69. The number of methoxy groups -OCH3 is 1. The van der Waals surface area contributed by atoms with Crippen LogP contribution in [0.4, 0.5) is 4.39 Å². The van der Waals surface area contributed by atoms with Crippen LogP contribution in [0.3, 0.4) is 0 Å². The molecule has 0 unspecified atom stereocenters. The fraction of sp³-hybridized carbons (Fsp3) is 0.0769. The molecule has 1 nitrogen and oxygen atoms in total. The molecule has 0 bridgehead atoms. The van der Waals surface area contributed by atoms with Crippen molar-refractivity contribution in [3.63, 3.8) is 0 Å². The summed E-state index contributed by atoms with van der Waals surface area (Å²) in [5.74, 6) is 0.264. The van der Waals surface area contributed by atoms with Crippen LogP contribution in [0.25, 0.3) is 11.1 Å². The predicted octanol–water partition coefficient (Wildman–Crippen LogP) is 4.92. The summed E-state index contributed by atoms with van der Waals surface area (Å²) in [7, 11) is 1.54. The summed E-state index contributed by atoms with van der Waals surface area (Å²) in [5.41, 5.74) is 1.08. The molecule has 0 saturated carbocycles. The maximum Gasteiger partial charge on any atom is 0.132 e. The number of benzene rings is 2. The van der Waals surface area contributed by atoms with Crippen LogP contribution in [0.15, 0.2) is 40.9 Å². The lowest BCUT2D eigenvalue weighted by Crippen LogP contribution is -1.91. The van der Waals surface area contributed by atoms with E-state index in [9.17, 15) is 4.39 Å². The van der Waals surface area contributed by atoms with E-state index in [0.29, 0.717) is 26.4 Å². The highest BCUT2D eigenvalue weighted by Crippen LogP contribution is 2.38. The quantitative estimate of drug-likeness (QED) is 0.764. The summed E-state index contributed by atoms with van der Waals surface area (Å²) < 4.78 is 19.7. The van der Waals surface area contributed by atoms with E-state index in [1.54, 1.807) is 37.4 Å². The van der Waals surface area contributed by atoms with Crippen molar-refractivity contribution in [3.8, 4) is 16.9 Å². The Morgan fingerprint density at radius 2 is 2.00 bits per heavy atom. The van der Waals surface area contributed by atoms with E-state index in [2.05, 4.69) is 15.9 Å². The molecular weight excluding hydrogens is 306 g/mol. The average molecular weight is 316 g/mol. The van der Waals surface area contributed by atoms with Crippen molar-refractivity contribution < 1.29 is 9.13 Å². The molecule has 0 saturated heterocycles. The van der Waals surface area contributed by atoms with E-state index in [1.165, 1.54) is 6.07 Å². The molecule has 0 aromatic heterocycles. The molecule has 0 heterocycles. The zero-order valence-corrected chi connectivity index (χ0v) is 11.3. The maximum atomic E-state index is 13.9. The number of halogens is 3. The second-order valence-corrected chi connectivity index (χ2v) is 4.73. The smallest absolute Gasteiger partial charge is 0.132 e. The third-order valence-corrected chi connectivity index (χ3v) is 3.29. The number of rotatable bonds is 2. The van der Waals surface area contributed by atoms with Crippen molar-refractivity contribution in [2.24, 2.45) is 0 Å². The van der Waals surface area contributed by atoms with Crippen LogP contribution in [0.1, 0.15) is 0 Å². The summed E-state index contributed by atoms with van der Waals surface area (Å²) in [6, 6.07) is 9.93. The Morgan fingerprint density at radius 1 is 1.24 bits per heavy atom. The van der Waals surface area contributed by atoms with Gasteiger partial charge in [-0.05, 0) is 30.3 Å². The van der Waals surface area contributed by atoms with E-state index in [-0.39, 0.29) is 5.82 Å². The third-order valence-electron chi connectivity index (χ3n) is 2.39. The highest BCUT2D eigenvalue weighted by atomic mass is 79.9. The number of ether oxygens (including phenoxy) is 1. The highest BCUT2D eigenvalue weighted by molar-refractivity contribution is 9.10. The molecule has 0 aliphatic carbocycles. The second kappa shape index (κ2) is 5.07. The Balaban J connectivity index is 2.71. The third kappa shape index (κ3) is 2.45. The molecule has 0 radical (unpaired) electrons. The fourth-order valence-corrected chi connectivity index (χ4v) is 2.36. The molecule has 0 fully saturated rings. The van der Waals surface area contributed by atoms with Crippen molar-refractivity contribution in [2.45, 2.75) is 0 Å². The van der Waals surface area contributed by atoms with Gasteiger partial charge in [0.2, 0.25) is 0 Å². The standard InChI is InChI=1S/C13H9BrClFO/c1-17-12-6-5-8(15)7-9(12)13-10(14)3-2-4-11(13)16/h2-7H,1H3. The number of hydrogen-bond acceptors (Lipinski definition) is 1. The van der Waals surface area contributed by atoms with Crippen molar-refractivity contribution in [1.29, 1.82) is 0 Å². The largest absolute Gasteiger partial charge is 0.496 e. The molecule has 17 heavy (non-hydrogen) atoms. The summed E-state index contributed by atoms with van der Waals surface area (Å²) >= 11 is 9.27. The summed E-state index contributed by atoms with van der Waals surface area (Å²) in [6.45, 7) is 0. The van der Waals surface area contributed by atoms with Crippen molar-refractivity contribution >= 4 is 27.5 Å². The van der Waals surface area contributed by atoms with Crippen LogP contribution < -0.4 is 4.74 Å². The summed E-state index contributed by atoms with van der Waals surface area (Å²) in [5, 5.41) is 0.538. The van der Waals surface area contributed by atoms with Crippen molar-refractivity contribution in [3.05, 3.63) is 51.7 Å². The number of hydrogen-bond donors (Lipinski definition) is 0. The Labute approximate surface area is 112 Å². The highest BCUT2D eigenvalue weighted by Gasteiger charge is 2.14. The Bertz CT molecular complexity index is 537. The van der Waals surface area contributed by atoms with Crippen LogP contribution in [-0.4, -0.2) is 7.11 Å². The lowest BCUT2D eigenvalue weighted by molar-refractivity contribution is 0.416. The average Bonchev–Trinajstić information content (AvgIpc) is 2.29. The van der Waals surface area contributed by atoms with Gasteiger partial charge in [0.25, 0.3) is 0 Å². The van der Waals surface area contributed by atoms with Gasteiger partial charge >= 0.3 is 0 Å². The minimum absolute atomic E-state index is 0.319. The van der Waals surface area contributed by atoms with Gasteiger partial charge in [0, 0.05) is 20.6 Å². The van der Waals surface area contributed by atoms with Gasteiger partial charge in [-0.15, -0.1) is 0 Å². The molecule has 0 aliphatic heterocycles. The van der Waals surface area contributed by atoms with Gasteiger partial charge in [-0.2, -0.15) is 0 Å². The van der Waals surface area contributed by atoms with Crippen LogP contribution in [0, 0.1) is 5.82 Å². The van der Waals surface area contributed by atoms with Gasteiger partial charge in [0.1, 0.15) is 11.6 Å². The minimum atomic E-state index is -0.319. The van der Waals surface area contributed by atoms with Crippen LogP contribution in [-0.2, 0) is 0 Å². The molecule has 0 amide bonds. The van der Waals surface area contributed by atoms with E-state index in [4.69, 9.17) is 16.3 Å². The molecular formula is C13H9BrClFO. The van der Waals surface area contributed by atoms with E-state index >= 15 is 0 Å². The molecule has 2 aromatic carbocycles. The van der Waals surface area contributed by atoms with Gasteiger partial charge in [-0.25, -0.2) is 4.39 Å². The van der Waals surface area contributed by atoms with Gasteiger partial charge in [0.15, 0.2) is 0 Å². The van der Waals surface area contributed by atoms with Gasteiger partial charge in [-0.1, -0.05) is 33.6 Å². The molecule has 0 spiro atoms. The zero-order valence-electron chi connectivity index (χ0n) is 9.01. The predicted molar refractivity (Wildman–Crippen MR) is 71.1 cm³/mol. The molecule has 2 aromatic rings. The molecule has 0 aliphatic rings. The SMILES string of the molecule is COc1ccc(Cl)cc1-c1c(F)cccc1Br. The first-order chi connectivity index (χ1) is 8.13. The minimum Gasteiger partial charge on any atom is -0.496 e. The fourth-order valence-electron chi connectivity index (χ4n) is 1.63. The second-order valence-electron chi connectivity index (χ2n) is 3.44. The van der Waals surface area contributed by atoms with Gasteiger partial charge < -0.3 is 4.74 Å². The topological polar surface area (TPSA) is 9.23 Å². The van der Waals surface area contributed by atoms with Gasteiger partial charge in [-0.3, -0.25) is 0 Å². The van der Waals surface area contributed by atoms with E-state index in [0.717, 1.165) is 0 Å². The lowest BCUT2D eigenvalue weighted by Gasteiger charge is -2.11. The molecule has 88 valence electrons. The van der Waals surface area contributed by atoms with Crippen LogP contribution in [0.2, 0.25) is 5.02 Å². The first-order valence-electron chi connectivity index (χ1n) is 4.91. The molecule has 2 rings (SSSR count). The molecule has 0 atom stereocenters. The zero-order chi connectivity index (χ0) is 12.4. The first kappa shape index (κ1) is 12.4. The Morgan fingerprint density at radius 3 is 2.65 bits per heavy atom. The maximum absolute atomic E-state index is 13.9. The van der Waals surface area contributed by atoms with E-state index in [1.807, 2.05) is 0 Å². The first-order valence-corrected chi connectivity index (χ1v) is 6.08. The molecule has 4 heteroatoms. The van der Waals surface area contributed by atoms with Crippen LogP contribution in [0.5, 0.6) is 5.75 Å². The summed E-state index contributed by atoms with van der Waals surface area (Å²) in [4.78, 5) is 0. The normalized spacial score (nSPS) is 10.4. The lowest BCUT2D eigenvalue weighted by atomic mass is 10.0. The van der Waals surface area contributed by atoms with Crippen molar-refractivity contribution in [1.82, 2.24) is 0 Å². The van der Waals surface area contributed by atoms with Crippen molar-refractivity contribution in [2.75, 3.05) is 7.11 Å². The molecule has 0 N–H and O–H groups in total. The monoisotopic (exact) mass is 314 g/mol. The van der Waals surface area contributed by atoms with E-state index < -0.39 is 0 Å². The summed E-state index contributed by atoms with van der Waals surface area (Å²) in [6.07, 6.45) is 0. The Hall–Kier alpha value is -1.06. The van der Waals surface area contributed by atoms with Gasteiger partial charge in [0.05, 0.1) is 7.11 Å². The van der Waals surface area contributed by atoms with Crippen LogP contribution >= 0.6 is 27.5 Å².